The van der Waals surface area contributed by atoms with Crippen LogP contribution in [0.2, 0.25) is 0 Å². The maximum atomic E-state index is 12.2. The molecule has 11 heteroatoms. The van der Waals surface area contributed by atoms with Gasteiger partial charge in [0.05, 0.1) is 4.92 Å². The summed E-state index contributed by atoms with van der Waals surface area (Å²) >= 11 is 0. The molecule has 0 fully saturated rings. The van der Waals surface area contributed by atoms with E-state index in [0.29, 0.717) is 5.69 Å². The van der Waals surface area contributed by atoms with Crippen LogP contribution in [0, 0.1) is 10.1 Å². The summed E-state index contributed by atoms with van der Waals surface area (Å²) in [5.74, 6) is -0.432. The lowest BCUT2D eigenvalue weighted by Crippen LogP contribution is -2.17. The number of alkyl halides is 3. The molecular weight excluding hydrogens is 355 g/mol. The Bertz CT molecular complexity index is 768. The Hall–Kier alpha value is -3.11. The summed E-state index contributed by atoms with van der Waals surface area (Å²) in [7, 11) is 0. The minimum absolute atomic E-state index is 0.0461. The van der Waals surface area contributed by atoms with Gasteiger partial charge in [0.1, 0.15) is 12.1 Å². The Morgan fingerprint density at radius 2 is 1.85 bits per heavy atom. The fourth-order valence-electron chi connectivity index (χ4n) is 1.96. The predicted octanol–water partition coefficient (Wildman–Crippen LogP) is 4.24. The van der Waals surface area contributed by atoms with Crippen molar-refractivity contribution in [1.82, 2.24) is 9.97 Å². The number of ether oxygens (including phenoxy) is 1. The van der Waals surface area contributed by atoms with E-state index in [9.17, 15) is 23.3 Å². The SMILES string of the molecule is CCC(C)Nc1ncnc(Nc2ccc(OC(F)(F)F)cc2)c1[N+](=O)[O-]. The van der Waals surface area contributed by atoms with Crippen LogP contribution in [0.25, 0.3) is 0 Å². The fourth-order valence-corrected chi connectivity index (χ4v) is 1.96. The van der Waals surface area contributed by atoms with E-state index in [2.05, 4.69) is 25.3 Å². The molecule has 8 nitrogen and oxygen atoms in total. The highest BCUT2D eigenvalue weighted by Crippen LogP contribution is 2.32. The highest BCUT2D eigenvalue weighted by atomic mass is 19.4. The lowest BCUT2D eigenvalue weighted by molar-refractivity contribution is -0.383. The molecular formula is C15H16F3N5O3. The van der Waals surface area contributed by atoms with Crippen LogP contribution in [-0.4, -0.2) is 27.3 Å². The van der Waals surface area contributed by atoms with Gasteiger partial charge in [-0.1, -0.05) is 6.92 Å². The van der Waals surface area contributed by atoms with Gasteiger partial charge in [0.25, 0.3) is 0 Å². The first-order valence-corrected chi connectivity index (χ1v) is 7.58. The summed E-state index contributed by atoms with van der Waals surface area (Å²) in [4.78, 5) is 18.5. The van der Waals surface area contributed by atoms with Gasteiger partial charge in [0, 0.05) is 11.7 Å². The molecule has 1 aromatic carbocycles. The summed E-state index contributed by atoms with van der Waals surface area (Å²) in [6, 6.07) is 4.70. The molecule has 1 atom stereocenters. The number of nitro groups is 1. The van der Waals surface area contributed by atoms with Gasteiger partial charge >= 0.3 is 12.0 Å². The van der Waals surface area contributed by atoms with Gasteiger partial charge in [0.2, 0.25) is 11.6 Å². The summed E-state index contributed by atoms with van der Waals surface area (Å²) in [5, 5.41) is 17.0. The second-order valence-electron chi connectivity index (χ2n) is 5.33. The van der Waals surface area contributed by atoms with Crippen molar-refractivity contribution >= 4 is 23.0 Å². The number of hydrogen-bond donors (Lipinski definition) is 2. The fraction of sp³-hybridized carbons (Fsp3) is 0.333. The van der Waals surface area contributed by atoms with Crippen molar-refractivity contribution in [2.45, 2.75) is 32.7 Å². The zero-order valence-electron chi connectivity index (χ0n) is 13.9. The summed E-state index contributed by atoms with van der Waals surface area (Å²) < 4.78 is 40.3. The Kier molecular flexibility index (Phi) is 5.80. The highest BCUT2D eigenvalue weighted by molar-refractivity contribution is 5.73. The van der Waals surface area contributed by atoms with Gasteiger partial charge in [-0.05, 0) is 37.6 Å². The van der Waals surface area contributed by atoms with Crippen molar-refractivity contribution in [3.8, 4) is 5.75 Å². The van der Waals surface area contributed by atoms with E-state index in [1.807, 2.05) is 13.8 Å². The van der Waals surface area contributed by atoms with Crippen LogP contribution >= 0.6 is 0 Å². The van der Waals surface area contributed by atoms with Crippen molar-refractivity contribution in [2.24, 2.45) is 0 Å². The molecule has 0 bridgehead atoms. The van der Waals surface area contributed by atoms with Crippen LogP contribution in [0.15, 0.2) is 30.6 Å². The average molecular weight is 371 g/mol. The smallest absolute Gasteiger partial charge is 0.406 e. The van der Waals surface area contributed by atoms with Crippen molar-refractivity contribution < 1.29 is 22.8 Å². The zero-order valence-corrected chi connectivity index (χ0v) is 13.9. The molecule has 0 saturated carbocycles. The van der Waals surface area contributed by atoms with Gasteiger partial charge in [-0.2, -0.15) is 0 Å². The summed E-state index contributed by atoms with van der Waals surface area (Å²) in [6.07, 6.45) is -2.91. The second-order valence-corrected chi connectivity index (χ2v) is 5.33. The molecule has 140 valence electrons. The molecule has 2 rings (SSSR count). The molecule has 1 heterocycles. The van der Waals surface area contributed by atoms with Gasteiger partial charge in [0.15, 0.2) is 0 Å². The van der Waals surface area contributed by atoms with E-state index in [-0.39, 0.29) is 23.4 Å². The van der Waals surface area contributed by atoms with E-state index in [0.717, 1.165) is 24.9 Å². The van der Waals surface area contributed by atoms with Crippen LogP contribution in [0.3, 0.4) is 0 Å². The second kappa shape index (κ2) is 7.85. The van der Waals surface area contributed by atoms with Gasteiger partial charge in [-0.25, -0.2) is 9.97 Å². The van der Waals surface area contributed by atoms with Gasteiger partial charge < -0.3 is 15.4 Å². The Morgan fingerprint density at radius 3 is 2.38 bits per heavy atom. The molecule has 1 unspecified atom stereocenters. The van der Waals surface area contributed by atoms with Crippen LogP contribution in [0.4, 0.5) is 36.2 Å². The Balaban J connectivity index is 2.26. The van der Waals surface area contributed by atoms with Crippen molar-refractivity contribution in [3.05, 3.63) is 40.7 Å². The number of hydrogen-bond acceptors (Lipinski definition) is 7. The van der Waals surface area contributed by atoms with E-state index in [1.54, 1.807) is 0 Å². The normalized spacial score (nSPS) is 12.3. The first-order chi connectivity index (χ1) is 12.2. The summed E-state index contributed by atoms with van der Waals surface area (Å²) in [6.45, 7) is 3.76. The third-order valence-electron chi connectivity index (χ3n) is 3.35. The molecule has 0 aliphatic rings. The maximum absolute atomic E-state index is 12.2. The van der Waals surface area contributed by atoms with E-state index in [1.165, 1.54) is 12.1 Å². The lowest BCUT2D eigenvalue weighted by Gasteiger charge is -2.14. The van der Waals surface area contributed by atoms with Crippen LogP contribution in [0.1, 0.15) is 20.3 Å². The van der Waals surface area contributed by atoms with Crippen molar-refractivity contribution in [2.75, 3.05) is 10.6 Å². The molecule has 2 N–H and O–H groups in total. The van der Waals surface area contributed by atoms with Crippen LogP contribution < -0.4 is 15.4 Å². The lowest BCUT2D eigenvalue weighted by atomic mass is 10.2. The molecule has 0 aliphatic carbocycles. The number of halogens is 3. The Labute approximate surface area is 146 Å². The quantitative estimate of drug-likeness (QED) is 0.554. The standard InChI is InChI=1S/C15H16F3N5O3/c1-3-9(2)21-13-12(23(24)25)14(20-8-19-13)22-10-4-6-11(7-5-10)26-15(16,17)18/h4-9H,3H2,1-2H3,(H2,19,20,21,22). The number of rotatable bonds is 7. The number of benzene rings is 1. The molecule has 26 heavy (non-hydrogen) atoms. The Morgan fingerprint density at radius 1 is 1.23 bits per heavy atom. The maximum Gasteiger partial charge on any atom is 0.573 e. The topological polar surface area (TPSA) is 102 Å². The van der Waals surface area contributed by atoms with Crippen LogP contribution in [0.5, 0.6) is 5.75 Å². The molecule has 2 aromatic rings. The third-order valence-corrected chi connectivity index (χ3v) is 3.35. The number of nitrogens with zero attached hydrogens (tertiary/aromatic N) is 3. The van der Waals surface area contributed by atoms with Crippen molar-refractivity contribution in [1.29, 1.82) is 0 Å². The minimum atomic E-state index is -4.79. The molecule has 0 amide bonds. The molecule has 0 spiro atoms. The van der Waals surface area contributed by atoms with Gasteiger partial charge in [-0.15, -0.1) is 13.2 Å². The van der Waals surface area contributed by atoms with E-state index >= 15 is 0 Å². The van der Waals surface area contributed by atoms with Crippen molar-refractivity contribution in [3.63, 3.8) is 0 Å². The first-order valence-electron chi connectivity index (χ1n) is 7.58. The summed E-state index contributed by atoms with van der Waals surface area (Å²) in [5.41, 5.74) is -0.0563. The average Bonchev–Trinajstić information content (AvgIpc) is 2.55. The minimum Gasteiger partial charge on any atom is -0.406 e. The largest absolute Gasteiger partial charge is 0.573 e. The number of aromatic nitrogens is 2. The number of nitrogens with one attached hydrogen (secondary N) is 2. The van der Waals surface area contributed by atoms with E-state index in [4.69, 9.17) is 0 Å². The zero-order chi connectivity index (χ0) is 19.3. The number of anilines is 3. The van der Waals surface area contributed by atoms with E-state index < -0.39 is 17.0 Å². The first kappa shape index (κ1) is 19.2. The molecule has 0 radical (unpaired) electrons. The molecule has 1 aromatic heterocycles. The van der Waals surface area contributed by atoms with Gasteiger partial charge in [-0.3, -0.25) is 10.1 Å². The molecule has 0 aliphatic heterocycles. The highest BCUT2D eigenvalue weighted by Gasteiger charge is 2.31. The van der Waals surface area contributed by atoms with Crippen LogP contribution in [-0.2, 0) is 0 Å². The third kappa shape index (κ3) is 5.19. The predicted molar refractivity (Wildman–Crippen MR) is 88.5 cm³/mol. The monoisotopic (exact) mass is 371 g/mol. The molecule has 0 saturated heterocycles.